The number of pyridine rings is 1. The average molecular weight is 514 g/mol. The maximum absolute atomic E-state index is 12.6. The van der Waals surface area contributed by atoms with Crippen LogP contribution in [0.3, 0.4) is 0 Å². The van der Waals surface area contributed by atoms with Crippen LogP contribution in [-0.2, 0) is 23.1 Å². The van der Waals surface area contributed by atoms with Crippen LogP contribution in [0.5, 0.6) is 0 Å². The summed E-state index contributed by atoms with van der Waals surface area (Å²) in [4.78, 5) is 19.6. The number of rotatable bonds is 8. The van der Waals surface area contributed by atoms with Crippen molar-refractivity contribution >= 4 is 38.1 Å². The zero-order valence-electron chi connectivity index (χ0n) is 21.4. The van der Waals surface area contributed by atoms with Gasteiger partial charge in [-0.3, -0.25) is 4.79 Å². The number of carbonyl (C=O) groups is 1. The number of ketones is 1. The van der Waals surface area contributed by atoms with Gasteiger partial charge in [0.25, 0.3) is 0 Å². The van der Waals surface area contributed by atoms with Crippen LogP contribution in [-0.4, -0.2) is 32.4 Å². The van der Waals surface area contributed by atoms with Gasteiger partial charge in [-0.15, -0.1) is 0 Å². The second-order valence-corrected chi connectivity index (χ2v) is 12.3. The molecule has 6 rings (SSSR count). The summed E-state index contributed by atoms with van der Waals surface area (Å²) in [6, 6.07) is 16.4. The first kappa shape index (κ1) is 23.9. The predicted octanol–water partition coefficient (Wildman–Crippen LogP) is 5.76. The number of nitrogens with two attached hydrogens (primary N) is 1. The summed E-state index contributed by atoms with van der Waals surface area (Å²) in [6.45, 7) is 6.96. The van der Waals surface area contributed by atoms with E-state index in [4.69, 9.17) is 15.2 Å². The highest BCUT2D eigenvalue weighted by atomic mass is 32.1. The van der Waals surface area contributed by atoms with Crippen LogP contribution in [0.15, 0.2) is 59.3 Å². The van der Waals surface area contributed by atoms with E-state index in [0.29, 0.717) is 12.1 Å². The number of hydrogen-bond donors (Lipinski definition) is 2. The first-order chi connectivity index (χ1) is 17.6. The van der Waals surface area contributed by atoms with Gasteiger partial charge >= 0.3 is 0 Å². The average Bonchev–Trinajstić information content (AvgIpc) is 3.19. The lowest BCUT2D eigenvalue weighted by Crippen LogP contribution is -2.31. The third-order valence-electron chi connectivity index (χ3n) is 6.96. The van der Waals surface area contributed by atoms with Crippen LogP contribution >= 0.6 is 11.3 Å². The Morgan fingerprint density at radius 2 is 1.89 bits per heavy atom. The summed E-state index contributed by atoms with van der Waals surface area (Å²) in [6.07, 6.45) is 4.96. The number of Topliss-reactive ketones (excluding diaryl/α,β-unsaturated/α-hetero) is 1. The number of thiazole rings is 1. The zero-order chi connectivity index (χ0) is 25.8. The maximum Gasteiger partial charge on any atom is 0.144 e. The zero-order valence-corrected chi connectivity index (χ0v) is 22.2. The molecule has 37 heavy (non-hydrogen) atoms. The van der Waals surface area contributed by atoms with Crippen molar-refractivity contribution in [1.82, 2.24) is 14.5 Å². The minimum Gasteiger partial charge on any atom is -0.368 e. The molecule has 0 spiro atoms. The monoisotopic (exact) mass is 513 g/mol. The molecule has 3 N–H and O–H groups in total. The smallest absolute Gasteiger partial charge is 0.144 e. The quantitative estimate of drug-likeness (QED) is 0.274. The summed E-state index contributed by atoms with van der Waals surface area (Å²) >= 11 is 1.68. The molecule has 0 saturated heterocycles. The summed E-state index contributed by atoms with van der Waals surface area (Å²) in [5.74, 6) is 1.79. The van der Waals surface area contributed by atoms with Crippen LogP contribution in [0.1, 0.15) is 50.6 Å². The summed E-state index contributed by atoms with van der Waals surface area (Å²) < 4.78 is 7.60. The summed E-state index contributed by atoms with van der Waals surface area (Å²) in [5, 5.41) is 7.45. The number of aromatic nitrogens is 3. The lowest BCUT2D eigenvalue weighted by molar-refractivity contribution is -0.117. The molecule has 1 saturated carbocycles. The highest BCUT2D eigenvalue weighted by Crippen LogP contribution is 2.34. The lowest BCUT2D eigenvalue weighted by atomic mass is 9.93. The van der Waals surface area contributed by atoms with E-state index < -0.39 is 0 Å². The number of anilines is 1. The van der Waals surface area contributed by atoms with Gasteiger partial charge in [-0.25, -0.2) is 4.98 Å². The Balaban J connectivity index is 1.13. The van der Waals surface area contributed by atoms with Gasteiger partial charge in [0.05, 0.1) is 17.6 Å². The van der Waals surface area contributed by atoms with E-state index in [-0.39, 0.29) is 23.2 Å². The highest BCUT2D eigenvalue weighted by Gasteiger charge is 2.37. The standard InChI is InChI=1S/C29H31N5O2S/c1-28(2,3)24-15-21(33-36-24)14-22(35)12-18-4-6-19(7-5-18)20-13-26-34(16-20)23-8-9-25(32-27(23)37-26)31-17-29(30)10-11-29/h4-9,13,15-16H,10-12,14,17,30H2,1-3H3,(H,31,32). The van der Waals surface area contributed by atoms with Crippen molar-refractivity contribution in [2.24, 2.45) is 5.73 Å². The predicted molar refractivity (Wildman–Crippen MR) is 148 cm³/mol. The van der Waals surface area contributed by atoms with E-state index in [0.717, 1.165) is 62.8 Å². The topological polar surface area (TPSA) is 98.5 Å². The lowest BCUT2D eigenvalue weighted by Gasteiger charge is -2.12. The van der Waals surface area contributed by atoms with Crippen molar-refractivity contribution in [1.29, 1.82) is 0 Å². The molecule has 8 heteroatoms. The Hall–Kier alpha value is -3.49. The number of nitrogens with one attached hydrogen (secondary N) is 1. The van der Waals surface area contributed by atoms with E-state index in [2.05, 4.69) is 66.1 Å². The van der Waals surface area contributed by atoms with Crippen molar-refractivity contribution in [2.75, 3.05) is 11.9 Å². The molecule has 5 aromatic rings. The summed E-state index contributed by atoms with van der Waals surface area (Å²) in [7, 11) is 0. The minimum absolute atomic E-state index is 0.0515. The fourth-order valence-corrected chi connectivity index (χ4v) is 5.46. The first-order valence-electron chi connectivity index (χ1n) is 12.7. The number of nitrogens with zero attached hydrogens (tertiary/aromatic N) is 3. The minimum atomic E-state index is -0.120. The molecule has 190 valence electrons. The van der Waals surface area contributed by atoms with E-state index in [1.807, 2.05) is 24.3 Å². The van der Waals surface area contributed by atoms with Gasteiger partial charge in [0.1, 0.15) is 27.0 Å². The van der Waals surface area contributed by atoms with Crippen molar-refractivity contribution in [3.05, 3.63) is 71.7 Å². The summed E-state index contributed by atoms with van der Waals surface area (Å²) in [5.41, 5.74) is 11.1. The number of fused-ring (bicyclic) bond motifs is 3. The fraction of sp³-hybridized carbons (Fsp3) is 0.345. The molecule has 0 amide bonds. The highest BCUT2D eigenvalue weighted by molar-refractivity contribution is 7.23. The molecule has 1 aliphatic carbocycles. The van der Waals surface area contributed by atoms with Gasteiger partial charge in [-0.05, 0) is 42.2 Å². The molecule has 0 bridgehead atoms. The van der Waals surface area contributed by atoms with E-state index in [1.165, 1.54) is 0 Å². The van der Waals surface area contributed by atoms with Crippen LogP contribution in [0.25, 0.3) is 26.3 Å². The molecule has 1 aliphatic rings. The van der Waals surface area contributed by atoms with Crippen molar-refractivity contribution in [2.45, 2.75) is 57.4 Å². The van der Waals surface area contributed by atoms with Crippen molar-refractivity contribution < 1.29 is 9.32 Å². The fourth-order valence-electron chi connectivity index (χ4n) is 4.42. The Labute approximate surface area is 219 Å². The molecule has 0 aliphatic heterocycles. The van der Waals surface area contributed by atoms with Gasteiger partial charge in [0.15, 0.2) is 0 Å². The number of carbonyl (C=O) groups excluding carboxylic acids is 1. The van der Waals surface area contributed by atoms with Gasteiger partial charge in [0.2, 0.25) is 0 Å². The van der Waals surface area contributed by atoms with Crippen LogP contribution < -0.4 is 11.1 Å². The third kappa shape index (κ3) is 5.04. The first-order valence-corrected chi connectivity index (χ1v) is 13.5. The molecular weight excluding hydrogens is 482 g/mol. The second kappa shape index (κ2) is 8.82. The molecule has 4 heterocycles. The largest absolute Gasteiger partial charge is 0.368 e. The van der Waals surface area contributed by atoms with E-state index in [9.17, 15) is 4.79 Å². The molecular formula is C29H31N5O2S. The van der Waals surface area contributed by atoms with Crippen LogP contribution in [0.2, 0.25) is 0 Å². The SMILES string of the molecule is CC(C)(C)c1cc(CC(=O)Cc2ccc(-c3cc4sc5nc(NCC6(N)CC6)ccc5n4c3)cc2)no1. The van der Waals surface area contributed by atoms with E-state index >= 15 is 0 Å². The molecule has 4 aromatic heterocycles. The molecule has 0 unspecified atom stereocenters. The van der Waals surface area contributed by atoms with Gasteiger partial charge < -0.3 is 20.0 Å². The number of benzene rings is 1. The Bertz CT molecular complexity index is 1600. The van der Waals surface area contributed by atoms with Gasteiger partial charge in [0, 0.05) is 41.7 Å². The Morgan fingerprint density at radius 1 is 1.11 bits per heavy atom. The van der Waals surface area contributed by atoms with Gasteiger partial charge in [-0.1, -0.05) is 61.5 Å². The Morgan fingerprint density at radius 3 is 2.59 bits per heavy atom. The third-order valence-corrected chi connectivity index (χ3v) is 7.98. The molecule has 1 fully saturated rings. The molecule has 0 atom stereocenters. The van der Waals surface area contributed by atoms with Crippen LogP contribution in [0.4, 0.5) is 5.82 Å². The second-order valence-electron chi connectivity index (χ2n) is 11.3. The molecule has 7 nitrogen and oxygen atoms in total. The van der Waals surface area contributed by atoms with Gasteiger partial charge in [-0.2, -0.15) is 0 Å². The van der Waals surface area contributed by atoms with Crippen molar-refractivity contribution in [3.63, 3.8) is 0 Å². The Kier molecular flexibility index (Phi) is 5.69. The molecule has 1 aromatic carbocycles. The number of hydrogen-bond acceptors (Lipinski definition) is 7. The molecule has 0 radical (unpaired) electrons. The van der Waals surface area contributed by atoms with Crippen molar-refractivity contribution in [3.8, 4) is 11.1 Å². The van der Waals surface area contributed by atoms with E-state index in [1.54, 1.807) is 11.3 Å². The maximum atomic E-state index is 12.6. The van der Waals surface area contributed by atoms with Crippen LogP contribution in [0, 0.1) is 0 Å². The normalized spacial score (nSPS) is 14.9.